The Labute approximate surface area is 149 Å². The van der Waals surface area contributed by atoms with Crippen LogP contribution < -0.4 is 5.32 Å². The fourth-order valence-corrected chi connectivity index (χ4v) is 3.43. The zero-order valence-electron chi connectivity index (χ0n) is 16.6. The summed E-state index contributed by atoms with van der Waals surface area (Å²) in [5.74, 6) is 2.91. The maximum absolute atomic E-state index is 9.29. The van der Waals surface area contributed by atoms with E-state index in [2.05, 4.69) is 49.7 Å². The zero-order valence-corrected chi connectivity index (χ0v) is 16.6. The summed E-state index contributed by atoms with van der Waals surface area (Å²) in [7, 11) is 0. The molecular weight excluding hydrogens is 300 g/mol. The van der Waals surface area contributed by atoms with Crippen LogP contribution in [0.25, 0.3) is 0 Å². The molecule has 1 aliphatic heterocycles. The lowest BCUT2D eigenvalue weighted by molar-refractivity contribution is 0.163. The third-order valence-electron chi connectivity index (χ3n) is 4.47. The average Bonchev–Trinajstić information content (AvgIpc) is 2.51. The van der Waals surface area contributed by atoms with Crippen LogP contribution in [-0.4, -0.2) is 73.3 Å². The molecule has 0 aromatic rings. The van der Waals surface area contributed by atoms with Crippen LogP contribution >= 0.6 is 0 Å². The van der Waals surface area contributed by atoms with Crippen LogP contribution in [0.1, 0.15) is 47.5 Å². The lowest BCUT2D eigenvalue weighted by atomic mass is 9.94. The van der Waals surface area contributed by atoms with E-state index in [1.807, 2.05) is 0 Å². The van der Waals surface area contributed by atoms with E-state index in [0.717, 1.165) is 64.0 Å². The van der Waals surface area contributed by atoms with Gasteiger partial charge in [0.05, 0.1) is 0 Å². The van der Waals surface area contributed by atoms with E-state index in [0.29, 0.717) is 11.8 Å². The summed E-state index contributed by atoms with van der Waals surface area (Å²) in [5, 5.41) is 12.7. The highest BCUT2D eigenvalue weighted by molar-refractivity contribution is 5.80. The smallest absolute Gasteiger partial charge is 0.194 e. The normalized spacial score (nSPS) is 18.5. The fraction of sp³-hybridized carbons (Fsp3) is 0.947. The van der Waals surface area contributed by atoms with Crippen molar-refractivity contribution in [2.75, 3.05) is 52.4 Å². The molecule has 0 aliphatic carbocycles. The molecule has 0 aromatic heterocycles. The van der Waals surface area contributed by atoms with Crippen molar-refractivity contribution in [1.29, 1.82) is 0 Å². The summed E-state index contributed by atoms with van der Waals surface area (Å²) >= 11 is 0. The van der Waals surface area contributed by atoms with E-state index in [1.54, 1.807) is 0 Å². The average molecular weight is 341 g/mol. The maximum atomic E-state index is 9.29. The Morgan fingerprint density at radius 2 is 1.75 bits per heavy atom. The van der Waals surface area contributed by atoms with Crippen LogP contribution in [0.2, 0.25) is 0 Å². The van der Waals surface area contributed by atoms with Crippen molar-refractivity contribution < 1.29 is 5.11 Å². The Hall–Kier alpha value is -0.810. The molecule has 1 rings (SSSR count). The minimum atomic E-state index is 0.261. The number of piperazine rings is 1. The molecule has 24 heavy (non-hydrogen) atoms. The van der Waals surface area contributed by atoms with Gasteiger partial charge in [-0.25, -0.2) is 0 Å². The Kier molecular flexibility index (Phi) is 10.3. The zero-order chi connectivity index (χ0) is 17.9. The third-order valence-corrected chi connectivity index (χ3v) is 4.47. The lowest BCUT2D eigenvalue weighted by Crippen LogP contribution is -2.53. The predicted molar refractivity (Wildman–Crippen MR) is 103 cm³/mol. The first-order valence-electron chi connectivity index (χ1n) is 9.82. The van der Waals surface area contributed by atoms with Crippen molar-refractivity contribution in [3.8, 4) is 0 Å². The van der Waals surface area contributed by atoms with Crippen LogP contribution in [0.3, 0.4) is 0 Å². The fourth-order valence-electron chi connectivity index (χ4n) is 3.43. The molecule has 0 bridgehead atoms. The van der Waals surface area contributed by atoms with Crippen molar-refractivity contribution in [3.63, 3.8) is 0 Å². The van der Waals surface area contributed by atoms with Gasteiger partial charge >= 0.3 is 0 Å². The number of guanidine groups is 1. The van der Waals surface area contributed by atoms with E-state index in [1.165, 1.54) is 6.54 Å². The second kappa shape index (κ2) is 11.7. The first-order chi connectivity index (χ1) is 11.5. The highest BCUT2D eigenvalue weighted by Crippen LogP contribution is 2.16. The molecule has 142 valence electrons. The van der Waals surface area contributed by atoms with Gasteiger partial charge in [0.15, 0.2) is 5.96 Å². The minimum absolute atomic E-state index is 0.261. The van der Waals surface area contributed by atoms with Gasteiger partial charge in [0.1, 0.15) is 0 Å². The molecule has 0 amide bonds. The Balaban J connectivity index is 2.58. The van der Waals surface area contributed by atoms with E-state index < -0.39 is 0 Å². The molecule has 5 nitrogen and oxygen atoms in total. The van der Waals surface area contributed by atoms with Crippen LogP contribution in [0.4, 0.5) is 0 Å². The summed E-state index contributed by atoms with van der Waals surface area (Å²) in [6, 6.07) is 0. The second-order valence-corrected chi connectivity index (χ2v) is 7.88. The summed E-state index contributed by atoms with van der Waals surface area (Å²) in [5.41, 5.74) is 0. The number of nitrogens with one attached hydrogen (secondary N) is 1. The molecule has 0 spiro atoms. The molecule has 1 atom stereocenters. The van der Waals surface area contributed by atoms with Crippen LogP contribution in [0.15, 0.2) is 4.99 Å². The first-order valence-corrected chi connectivity index (χ1v) is 9.82. The number of aliphatic hydroxyl groups excluding tert-OH is 1. The summed E-state index contributed by atoms with van der Waals surface area (Å²) in [6.45, 7) is 18.7. The van der Waals surface area contributed by atoms with Gasteiger partial charge in [0, 0.05) is 52.4 Å². The molecule has 1 fully saturated rings. The molecule has 5 heteroatoms. The lowest BCUT2D eigenvalue weighted by Gasteiger charge is -2.37. The molecular formula is C19H40N4O. The molecule has 1 saturated heterocycles. The Morgan fingerprint density at radius 3 is 2.25 bits per heavy atom. The molecule has 0 saturated carbocycles. The van der Waals surface area contributed by atoms with E-state index >= 15 is 0 Å². The topological polar surface area (TPSA) is 51.1 Å². The van der Waals surface area contributed by atoms with Crippen molar-refractivity contribution in [1.82, 2.24) is 15.1 Å². The molecule has 0 aromatic carbocycles. The monoisotopic (exact) mass is 340 g/mol. The predicted octanol–water partition coefficient (Wildman–Crippen LogP) is 2.27. The number of aliphatic imine (C=N–C) groups is 1. The van der Waals surface area contributed by atoms with Crippen LogP contribution in [0, 0.1) is 17.8 Å². The standard InChI is InChI=1S/C19H40N4O/c1-6-20-19(21-14-18(7-12-24)13-16(2)3)23-10-8-22(9-11-23)15-17(4)5/h16-18,24H,6-15H2,1-5H3,(H,20,21). The van der Waals surface area contributed by atoms with Gasteiger partial charge in [-0.05, 0) is 37.5 Å². The summed E-state index contributed by atoms with van der Waals surface area (Å²) in [6.07, 6.45) is 1.98. The highest BCUT2D eigenvalue weighted by Gasteiger charge is 2.20. The molecule has 1 aliphatic rings. The minimum Gasteiger partial charge on any atom is -0.396 e. The van der Waals surface area contributed by atoms with Gasteiger partial charge in [0.2, 0.25) is 0 Å². The van der Waals surface area contributed by atoms with E-state index in [-0.39, 0.29) is 6.61 Å². The number of rotatable bonds is 9. The maximum Gasteiger partial charge on any atom is 0.194 e. The summed E-state index contributed by atoms with van der Waals surface area (Å²) < 4.78 is 0. The number of hydrogen-bond donors (Lipinski definition) is 2. The van der Waals surface area contributed by atoms with Crippen molar-refractivity contribution >= 4 is 5.96 Å². The largest absolute Gasteiger partial charge is 0.396 e. The van der Waals surface area contributed by atoms with Crippen LogP contribution in [-0.2, 0) is 0 Å². The molecule has 0 radical (unpaired) electrons. The Morgan fingerprint density at radius 1 is 1.08 bits per heavy atom. The first kappa shape index (κ1) is 21.2. The van der Waals surface area contributed by atoms with E-state index in [9.17, 15) is 5.11 Å². The quantitative estimate of drug-likeness (QED) is 0.499. The molecule has 1 heterocycles. The number of aliphatic hydroxyl groups is 1. The van der Waals surface area contributed by atoms with Crippen LogP contribution in [0.5, 0.6) is 0 Å². The molecule has 2 N–H and O–H groups in total. The SMILES string of the molecule is CCNC(=NCC(CCO)CC(C)C)N1CCN(CC(C)C)CC1. The number of nitrogens with zero attached hydrogens (tertiary/aromatic N) is 3. The van der Waals surface area contributed by atoms with E-state index in [4.69, 9.17) is 4.99 Å². The third kappa shape index (κ3) is 8.34. The van der Waals surface area contributed by atoms with Crippen molar-refractivity contribution in [2.24, 2.45) is 22.7 Å². The number of hydrogen-bond acceptors (Lipinski definition) is 3. The van der Waals surface area contributed by atoms with Crippen molar-refractivity contribution in [2.45, 2.75) is 47.5 Å². The van der Waals surface area contributed by atoms with Gasteiger partial charge < -0.3 is 15.3 Å². The van der Waals surface area contributed by atoms with Crippen molar-refractivity contribution in [3.05, 3.63) is 0 Å². The summed E-state index contributed by atoms with van der Waals surface area (Å²) in [4.78, 5) is 9.85. The molecule has 1 unspecified atom stereocenters. The van der Waals surface area contributed by atoms with Gasteiger partial charge in [-0.15, -0.1) is 0 Å². The second-order valence-electron chi connectivity index (χ2n) is 7.88. The van der Waals surface area contributed by atoms with Gasteiger partial charge in [0.25, 0.3) is 0 Å². The van der Waals surface area contributed by atoms with Gasteiger partial charge in [-0.1, -0.05) is 27.7 Å². The highest BCUT2D eigenvalue weighted by atomic mass is 16.3. The van der Waals surface area contributed by atoms with Gasteiger partial charge in [-0.2, -0.15) is 0 Å². The Bertz CT molecular complexity index is 349. The van der Waals surface area contributed by atoms with Gasteiger partial charge in [-0.3, -0.25) is 9.89 Å².